The van der Waals surface area contributed by atoms with E-state index in [1.165, 1.54) is 0 Å². The summed E-state index contributed by atoms with van der Waals surface area (Å²) in [5, 5.41) is 0. The van der Waals surface area contributed by atoms with Gasteiger partial charge in [0.1, 0.15) is 11.6 Å². The molecule has 0 aromatic carbocycles. The Kier molecular flexibility index (Phi) is 2.63. The molecule has 14 heavy (non-hydrogen) atoms. The lowest BCUT2D eigenvalue weighted by Gasteiger charge is -2.04. The second-order valence-electron chi connectivity index (χ2n) is 2.90. The molecular weight excluding hydrogens is 242 g/mol. The van der Waals surface area contributed by atoms with Gasteiger partial charge in [-0.15, -0.1) is 0 Å². The highest BCUT2D eigenvalue weighted by Gasteiger charge is 2.02. The van der Waals surface area contributed by atoms with E-state index in [0.717, 1.165) is 22.5 Å². The highest BCUT2D eigenvalue weighted by Crippen LogP contribution is 2.12. The zero-order valence-corrected chi connectivity index (χ0v) is 9.40. The molecule has 2 aromatic rings. The summed E-state index contributed by atoms with van der Waals surface area (Å²) in [7, 11) is 0. The monoisotopic (exact) mass is 251 g/mol. The van der Waals surface area contributed by atoms with Crippen LogP contribution >= 0.6 is 15.9 Å². The summed E-state index contributed by atoms with van der Waals surface area (Å²) in [6.07, 6.45) is 6.41. The van der Waals surface area contributed by atoms with E-state index in [9.17, 15) is 0 Å². The van der Waals surface area contributed by atoms with E-state index < -0.39 is 0 Å². The molecule has 2 aromatic heterocycles. The number of nitrogens with zero attached hydrogens (tertiary/aromatic N) is 3. The maximum absolute atomic E-state index is 4.31. The number of pyridine rings is 1. The van der Waals surface area contributed by atoms with Crippen molar-refractivity contribution in [3.8, 4) is 5.82 Å². The molecule has 0 unspecified atom stereocenters. The molecule has 0 radical (unpaired) electrons. The third-order valence-corrected chi connectivity index (χ3v) is 2.46. The zero-order chi connectivity index (χ0) is 9.97. The van der Waals surface area contributed by atoms with E-state index in [1.54, 1.807) is 12.4 Å². The molecule has 0 aliphatic carbocycles. The number of aromatic nitrogens is 3. The van der Waals surface area contributed by atoms with E-state index >= 15 is 0 Å². The molecule has 0 atom stereocenters. The van der Waals surface area contributed by atoms with Gasteiger partial charge >= 0.3 is 0 Å². The maximum Gasteiger partial charge on any atom is 0.138 e. The SMILES string of the molecule is CCc1nccn1-c1ccc(Br)cn1. The smallest absolute Gasteiger partial charge is 0.138 e. The standard InChI is InChI=1S/C10H10BrN3/c1-2-9-12-5-6-14(9)10-4-3-8(11)7-13-10/h3-7H,2H2,1H3. The third kappa shape index (κ3) is 1.70. The predicted molar refractivity (Wildman–Crippen MR) is 58.4 cm³/mol. The first kappa shape index (κ1) is 9.40. The van der Waals surface area contributed by atoms with Crippen LogP contribution in [0.2, 0.25) is 0 Å². The Labute approximate surface area is 90.9 Å². The molecule has 3 nitrogen and oxygen atoms in total. The number of halogens is 1. The molecular formula is C10H10BrN3. The minimum Gasteiger partial charge on any atom is -0.288 e. The first-order valence-electron chi connectivity index (χ1n) is 4.45. The van der Waals surface area contributed by atoms with Gasteiger partial charge < -0.3 is 0 Å². The Bertz CT molecular complexity index is 419. The fourth-order valence-electron chi connectivity index (χ4n) is 1.32. The summed E-state index contributed by atoms with van der Waals surface area (Å²) < 4.78 is 2.98. The molecule has 0 spiro atoms. The van der Waals surface area contributed by atoms with Crippen molar-refractivity contribution in [1.82, 2.24) is 14.5 Å². The summed E-state index contributed by atoms with van der Waals surface area (Å²) in [6.45, 7) is 2.08. The fourth-order valence-corrected chi connectivity index (χ4v) is 1.55. The van der Waals surface area contributed by atoms with Crippen molar-refractivity contribution in [2.75, 3.05) is 0 Å². The van der Waals surface area contributed by atoms with Gasteiger partial charge in [0.15, 0.2) is 0 Å². The van der Waals surface area contributed by atoms with Crippen molar-refractivity contribution in [3.05, 3.63) is 41.0 Å². The lowest BCUT2D eigenvalue weighted by molar-refractivity contribution is 0.867. The van der Waals surface area contributed by atoms with Gasteiger partial charge in [0.05, 0.1) is 0 Å². The van der Waals surface area contributed by atoms with Crippen molar-refractivity contribution in [2.24, 2.45) is 0 Å². The molecule has 0 amide bonds. The third-order valence-electron chi connectivity index (χ3n) is 1.99. The average molecular weight is 252 g/mol. The average Bonchev–Trinajstić information content (AvgIpc) is 2.67. The molecule has 0 aliphatic rings. The number of aryl methyl sites for hydroxylation is 1. The zero-order valence-electron chi connectivity index (χ0n) is 7.81. The highest BCUT2D eigenvalue weighted by molar-refractivity contribution is 9.10. The molecule has 0 aliphatic heterocycles. The van der Waals surface area contributed by atoms with Crippen LogP contribution in [0, 0.1) is 0 Å². The summed E-state index contributed by atoms with van der Waals surface area (Å²) in [5.41, 5.74) is 0. The Balaban J connectivity index is 2.44. The lowest BCUT2D eigenvalue weighted by Crippen LogP contribution is -2.00. The molecule has 0 fully saturated rings. The molecule has 4 heteroatoms. The van der Waals surface area contributed by atoms with E-state index in [1.807, 2.05) is 22.9 Å². The number of hydrogen-bond donors (Lipinski definition) is 0. The highest BCUT2D eigenvalue weighted by atomic mass is 79.9. The molecule has 72 valence electrons. The molecule has 0 saturated heterocycles. The van der Waals surface area contributed by atoms with E-state index in [-0.39, 0.29) is 0 Å². The number of imidazole rings is 1. The topological polar surface area (TPSA) is 30.7 Å². The largest absolute Gasteiger partial charge is 0.288 e. The maximum atomic E-state index is 4.31. The van der Waals surface area contributed by atoms with Crippen LogP contribution in [-0.2, 0) is 6.42 Å². The summed E-state index contributed by atoms with van der Waals surface area (Å²) in [4.78, 5) is 8.55. The van der Waals surface area contributed by atoms with E-state index in [4.69, 9.17) is 0 Å². The van der Waals surface area contributed by atoms with Crippen LogP contribution in [0.15, 0.2) is 35.2 Å². The summed E-state index contributed by atoms with van der Waals surface area (Å²) >= 11 is 3.36. The fraction of sp³-hybridized carbons (Fsp3) is 0.200. The van der Waals surface area contributed by atoms with Crippen LogP contribution in [0.3, 0.4) is 0 Å². The molecule has 0 saturated carbocycles. The lowest BCUT2D eigenvalue weighted by atomic mass is 10.4. The van der Waals surface area contributed by atoms with Crippen LogP contribution in [0.25, 0.3) is 5.82 Å². The van der Waals surface area contributed by atoms with E-state index in [2.05, 4.69) is 32.8 Å². The number of hydrogen-bond acceptors (Lipinski definition) is 2. The first-order chi connectivity index (χ1) is 6.81. The minimum absolute atomic E-state index is 0.905. The van der Waals surface area contributed by atoms with Gasteiger partial charge in [-0.05, 0) is 28.1 Å². The van der Waals surface area contributed by atoms with Crippen LogP contribution in [0.5, 0.6) is 0 Å². The van der Waals surface area contributed by atoms with Crippen LogP contribution in [0.4, 0.5) is 0 Å². The van der Waals surface area contributed by atoms with Gasteiger partial charge in [-0.1, -0.05) is 6.92 Å². The number of rotatable bonds is 2. The Morgan fingerprint density at radius 2 is 2.21 bits per heavy atom. The molecule has 2 heterocycles. The van der Waals surface area contributed by atoms with Crippen molar-refractivity contribution in [1.29, 1.82) is 0 Å². The summed E-state index contributed by atoms with van der Waals surface area (Å²) in [6, 6.07) is 3.94. The second kappa shape index (κ2) is 3.92. The van der Waals surface area contributed by atoms with Crippen molar-refractivity contribution >= 4 is 15.9 Å². The quantitative estimate of drug-likeness (QED) is 0.822. The van der Waals surface area contributed by atoms with Crippen LogP contribution < -0.4 is 0 Å². The van der Waals surface area contributed by atoms with Crippen molar-refractivity contribution in [2.45, 2.75) is 13.3 Å². The Morgan fingerprint density at radius 3 is 2.86 bits per heavy atom. The second-order valence-corrected chi connectivity index (χ2v) is 3.82. The Hall–Kier alpha value is -1.16. The molecule has 2 rings (SSSR count). The predicted octanol–water partition coefficient (Wildman–Crippen LogP) is 2.59. The molecule has 0 bridgehead atoms. The van der Waals surface area contributed by atoms with Crippen LogP contribution in [-0.4, -0.2) is 14.5 Å². The van der Waals surface area contributed by atoms with E-state index in [0.29, 0.717) is 0 Å². The summed E-state index contributed by atoms with van der Waals surface area (Å²) in [5.74, 6) is 1.93. The van der Waals surface area contributed by atoms with Gasteiger partial charge in [0.2, 0.25) is 0 Å². The van der Waals surface area contributed by atoms with Crippen LogP contribution in [0.1, 0.15) is 12.7 Å². The normalized spacial score (nSPS) is 10.4. The van der Waals surface area contributed by atoms with Gasteiger partial charge in [-0.3, -0.25) is 4.57 Å². The van der Waals surface area contributed by atoms with Crippen molar-refractivity contribution < 1.29 is 0 Å². The van der Waals surface area contributed by atoms with Gasteiger partial charge in [-0.25, -0.2) is 9.97 Å². The molecule has 0 N–H and O–H groups in total. The van der Waals surface area contributed by atoms with Gasteiger partial charge in [-0.2, -0.15) is 0 Å². The van der Waals surface area contributed by atoms with Crippen molar-refractivity contribution in [3.63, 3.8) is 0 Å². The first-order valence-corrected chi connectivity index (χ1v) is 5.24. The van der Waals surface area contributed by atoms with Gasteiger partial charge in [0, 0.05) is 29.5 Å². The minimum atomic E-state index is 0.905. The Morgan fingerprint density at radius 1 is 1.36 bits per heavy atom. The van der Waals surface area contributed by atoms with Gasteiger partial charge in [0.25, 0.3) is 0 Å².